The molecule has 1 aliphatic carbocycles. The summed E-state index contributed by atoms with van der Waals surface area (Å²) in [5, 5.41) is 3.55. The van der Waals surface area contributed by atoms with Gasteiger partial charge in [-0.25, -0.2) is 4.98 Å². The van der Waals surface area contributed by atoms with Crippen LogP contribution in [0.5, 0.6) is 0 Å². The van der Waals surface area contributed by atoms with Crippen molar-refractivity contribution in [2.45, 2.75) is 12.3 Å². The molecule has 50 heavy (non-hydrogen) atoms. The van der Waals surface area contributed by atoms with Gasteiger partial charge < -0.3 is 0 Å². The van der Waals surface area contributed by atoms with E-state index in [9.17, 15) is 0 Å². The fourth-order valence-corrected chi connectivity index (χ4v) is 7.19. The molecule has 1 aliphatic rings. The van der Waals surface area contributed by atoms with Gasteiger partial charge in [-0.1, -0.05) is 158 Å². The Bertz CT molecular complexity index is 2530. The SMILES string of the molecule is C1=CC(c2cc(-c3ccc4ccc5nc(-c6ccccc6)cc(-c6ccccc6)c5c4c3)cc(-c3ccccc3)n2)CC=C1c1ccccc1. The van der Waals surface area contributed by atoms with Crippen LogP contribution in [-0.2, 0) is 0 Å². The summed E-state index contributed by atoms with van der Waals surface area (Å²) in [5.74, 6) is 0.191. The normalized spacial score (nSPS) is 14.2. The Labute approximate surface area is 292 Å². The average Bonchev–Trinajstić information content (AvgIpc) is 3.21. The van der Waals surface area contributed by atoms with E-state index in [4.69, 9.17) is 9.97 Å². The molecule has 0 radical (unpaired) electrons. The summed E-state index contributed by atoms with van der Waals surface area (Å²) in [4.78, 5) is 10.5. The molecule has 0 spiro atoms. The summed E-state index contributed by atoms with van der Waals surface area (Å²) in [7, 11) is 0. The first-order chi connectivity index (χ1) is 24.8. The third kappa shape index (κ3) is 5.71. The van der Waals surface area contributed by atoms with E-state index in [1.165, 1.54) is 38.4 Å². The number of hydrogen-bond acceptors (Lipinski definition) is 2. The first kappa shape index (κ1) is 29.7. The second kappa shape index (κ2) is 12.9. The molecule has 2 heterocycles. The molecule has 9 rings (SSSR count). The van der Waals surface area contributed by atoms with Crippen LogP contribution >= 0.6 is 0 Å². The molecule has 1 atom stereocenters. The molecule has 0 fully saturated rings. The number of benzene rings is 6. The van der Waals surface area contributed by atoms with Crippen LogP contribution in [0.15, 0.2) is 188 Å². The van der Waals surface area contributed by atoms with Crippen LogP contribution in [0.3, 0.4) is 0 Å². The number of aromatic nitrogens is 2. The van der Waals surface area contributed by atoms with Gasteiger partial charge in [-0.3, -0.25) is 4.98 Å². The van der Waals surface area contributed by atoms with Gasteiger partial charge in [0.25, 0.3) is 0 Å². The molecule has 6 aromatic carbocycles. The number of rotatable bonds is 6. The first-order valence-electron chi connectivity index (χ1n) is 17.3. The van der Waals surface area contributed by atoms with Gasteiger partial charge in [0.05, 0.1) is 16.9 Å². The lowest BCUT2D eigenvalue weighted by atomic mass is 9.88. The summed E-state index contributed by atoms with van der Waals surface area (Å²) >= 11 is 0. The van der Waals surface area contributed by atoms with Crippen LogP contribution in [0.4, 0.5) is 0 Å². The zero-order valence-corrected chi connectivity index (χ0v) is 27.6. The zero-order chi connectivity index (χ0) is 33.3. The van der Waals surface area contributed by atoms with Gasteiger partial charge in [0, 0.05) is 28.1 Å². The lowest BCUT2D eigenvalue weighted by molar-refractivity contribution is 0.820. The van der Waals surface area contributed by atoms with Crippen LogP contribution in [0.25, 0.3) is 72.0 Å². The summed E-state index contributed by atoms with van der Waals surface area (Å²) in [6.45, 7) is 0. The summed E-state index contributed by atoms with van der Waals surface area (Å²) in [6, 6.07) is 60.3. The number of fused-ring (bicyclic) bond motifs is 3. The predicted octanol–water partition coefficient (Wildman–Crippen LogP) is 12.6. The van der Waals surface area contributed by atoms with Gasteiger partial charge in [-0.2, -0.15) is 0 Å². The number of pyridine rings is 2. The topological polar surface area (TPSA) is 25.8 Å². The molecule has 0 saturated heterocycles. The van der Waals surface area contributed by atoms with E-state index < -0.39 is 0 Å². The second-order valence-electron chi connectivity index (χ2n) is 12.9. The highest BCUT2D eigenvalue weighted by molar-refractivity contribution is 6.14. The second-order valence-corrected chi connectivity index (χ2v) is 12.9. The Kier molecular flexibility index (Phi) is 7.68. The van der Waals surface area contributed by atoms with Gasteiger partial charge in [-0.05, 0) is 80.9 Å². The smallest absolute Gasteiger partial charge is 0.0722 e. The Morgan fingerprint density at radius 2 is 1.06 bits per heavy atom. The van der Waals surface area contributed by atoms with Crippen LogP contribution in [0.2, 0.25) is 0 Å². The molecular weight excluding hydrogens is 605 g/mol. The standard InChI is InChI=1S/C48H34N2/c1-5-13-33(14-6-1)34-21-24-39(25-22-34)46-31-41(30-45(50-46)37-17-9-3-10-18-37)40-26-23-36-27-28-44-48(42(36)29-40)43(35-15-7-2-8-16-35)32-47(49-44)38-19-11-4-12-20-38/h1-24,26-32,39H,25H2. The molecule has 2 heteroatoms. The molecule has 0 N–H and O–H groups in total. The Balaban J connectivity index is 1.20. The summed E-state index contributed by atoms with van der Waals surface area (Å²) in [5.41, 5.74) is 13.5. The molecule has 2 aromatic heterocycles. The van der Waals surface area contributed by atoms with Crippen molar-refractivity contribution in [3.05, 3.63) is 199 Å². The predicted molar refractivity (Wildman–Crippen MR) is 210 cm³/mol. The average molecular weight is 639 g/mol. The maximum Gasteiger partial charge on any atom is 0.0722 e. The number of hydrogen-bond donors (Lipinski definition) is 0. The first-order valence-corrected chi connectivity index (χ1v) is 17.3. The maximum absolute atomic E-state index is 5.26. The molecule has 2 nitrogen and oxygen atoms in total. The highest BCUT2D eigenvalue weighted by Gasteiger charge is 2.18. The van der Waals surface area contributed by atoms with Crippen molar-refractivity contribution in [3.8, 4) is 44.8 Å². The largest absolute Gasteiger partial charge is 0.252 e. The van der Waals surface area contributed by atoms with Gasteiger partial charge >= 0.3 is 0 Å². The number of nitrogens with zero attached hydrogens (tertiary/aromatic N) is 2. The number of allylic oxidation sites excluding steroid dienone is 4. The molecular formula is C48H34N2. The van der Waals surface area contributed by atoms with E-state index in [1.807, 2.05) is 0 Å². The Morgan fingerprint density at radius 3 is 1.70 bits per heavy atom. The van der Waals surface area contributed by atoms with Gasteiger partial charge in [-0.15, -0.1) is 0 Å². The van der Waals surface area contributed by atoms with Gasteiger partial charge in [0.1, 0.15) is 0 Å². The van der Waals surface area contributed by atoms with Crippen LogP contribution < -0.4 is 0 Å². The van der Waals surface area contributed by atoms with Crippen molar-refractivity contribution in [1.82, 2.24) is 9.97 Å². The van der Waals surface area contributed by atoms with Crippen molar-refractivity contribution in [2.75, 3.05) is 0 Å². The molecule has 0 amide bonds. The maximum atomic E-state index is 5.26. The Hall–Kier alpha value is -6.38. The van der Waals surface area contributed by atoms with Crippen molar-refractivity contribution in [2.24, 2.45) is 0 Å². The molecule has 0 aliphatic heterocycles. The minimum absolute atomic E-state index is 0.191. The molecule has 236 valence electrons. The third-order valence-corrected chi connectivity index (χ3v) is 9.78. The minimum Gasteiger partial charge on any atom is -0.252 e. The lowest BCUT2D eigenvalue weighted by Crippen LogP contribution is -2.03. The van der Waals surface area contributed by atoms with Crippen LogP contribution in [-0.4, -0.2) is 9.97 Å². The summed E-state index contributed by atoms with van der Waals surface area (Å²) < 4.78 is 0. The van der Waals surface area contributed by atoms with E-state index in [1.54, 1.807) is 0 Å². The molecule has 0 bridgehead atoms. The van der Waals surface area contributed by atoms with Crippen molar-refractivity contribution >= 4 is 27.2 Å². The minimum atomic E-state index is 0.191. The molecule has 8 aromatic rings. The van der Waals surface area contributed by atoms with Crippen molar-refractivity contribution in [1.29, 1.82) is 0 Å². The van der Waals surface area contributed by atoms with E-state index in [0.29, 0.717) is 0 Å². The molecule has 0 saturated carbocycles. The lowest BCUT2D eigenvalue weighted by Gasteiger charge is -2.19. The van der Waals surface area contributed by atoms with Crippen LogP contribution in [0.1, 0.15) is 23.6 Å². The quantitative estimate of drug-likeness (QED) is 0.169. The Morgan fingerprint density at radius 1 is 0.460 bits per heavy atom. The van der Waals surface area contributed by atoms with Gasteiger partial charge in [0.2, 0.25) is 0 Å². The van der Waals surface area contributed by atoms with Crippen molar-refractivity contribution < 1.29 is 0 Å². The van der Waals surface area contributed by atoms with E-state index in [-0.39, 0.29) is 5.92 Å². The molecule has 1 unspecified atom stereocenters. The van der Waals surface area contributed by atoms with Crippen LogP contribution in [0, 0.1) is 0 Å². The van der Waals surface area contributed by atoms with Gasteiger partial charge in [0.15, 0.2) is 0 Å². The van der Waals surface area contributed by atoms with E-state index in [0.717, 1.165) is 51.3 Å². The highest BCUT2D eigenvalue weighted by Crippen LogP contribution is 2.39. The fourth-order valence-electron chi connectivity index (χ4n) is 7.19. The third-order valence-electron chi connectivity index (χ3n) is 9.78. The highest BCUT2D eigenvalue weighted by atomic mass is 14.7. The van der Waals surface area contributed by atoms with E-state index in [2.05, 4.69) is 188 Å². The summed E-state index contributed by atoms with van der Waals surface area (Å²) in [6.07, 6.45) is 7.83. The van der Waals surface area contributed by atoms with Crippen molar-refractivity contribution in [3.63, 3.8) is 0 Å². The monoisotopic (exact) mass is 638 g/mol. The van der Waals surface area contributed by atoms with E-state index >= 15 is 0 Å². The fraction of sp³-hybridized carbons (Fsp3) is 0.0417. The zero-order valence-electron chi connectivity index (χ0n) is 27.6.